The van der Waals surface area contributed by atoms with Crippen molar-refractivity contribution in [2.24, 2.45) is 5.41 Å². The molecule has 0 amide bonds. The maximum absolute atomic E-state index is 10.6. The summed E-state index contributed by atoms with van der Waals surface area (Å²) in [7, 11) is 0. The minimum Gasteiger partial charge on any atom is -0.358 e. The maximum Gasteiger partial charge on any atom is 0.389 e. The third kappa shape index (κ3) is 2.86. The molecule has 17 heavy (non-hydrogen) atoms. The summed E-state index contributed by atoms with van der Waals surface area (Å²) in [5.41, 5.74) is 0.220. The van der Waals surface area contributed by atoms with Crippen molar-refractivity contribution in [1.29, 1.82) is 0 Å². The lowest BCUT2D eigenvalue weighted by Crippen LogP contribution is -2.31. The minimum atomic E-state index is -0.446. The minimum absolute atomic E-state index is 0.0643. The van der Waals surface area contributed by atoms with Gasteiger partial charge in [-0.1, -0.05) is 35.2 Å². The largest absolute Gasteiger partial charge is 0.389 e. The van der Waals surface area contributed by atoms with Crippen LogP contribution in [0.2, 0.25) is 0 Å². The monoisotopic (exact) mass is 301 g/mol. The van der Waals surface area contributed by atoms with Crippen LogP contribution in [0.1, 0.15) is 32.1 Å². The fourth-order valence-corrected chi connectivity index (χ4v) is 3.25. The zero-order valence-corrected chi connectivity index (χ0v) is 11.2. The van der Waals surface area contributed by atoms with Crippen molar-refractivity contribution in [2.45, 2.75) is 38.6 Å². The number of aromatic nitrogens is 2. The summed E-state index contributed by atoms with van der Waals surface area (Å²) in [6.45, 7) is 0.770. The molecule has 1 heterocycles. The molecule has 0 spiro atoms. The van der Waals surface area contributed by atoms with E-state index >= 15 is 0 Å². The summed E-state index contributed by atoms with van der Waals surface area (Å²) in [5.74, 6) is -0.0643. The van der Waals surface area contributed by atoms with Crippen LogP contribution in [0.25, 0.3) is 0 Å². The van der Waals surface area contributed by atoms with Gasteiger partial charge in [-0.15, -0.1) is 0 Å². The molecule has 0 radical (unpaired) electrons. The van der Waals surface area contributed by atoms with Crippen LogP contribution in [0.15, 0.2) is 12.3 Å². The van der Waals surface area contributed by atoms with Crippen LogP contribution in [0, 0.1) is 15.5 Å². The molecule has 1 aromatic rings. The normalized spacial score (nSPS) is 19.1. The Morgan fingerprint density at radius 1 is 1.47 bits per heavy atom. The van der Waals surface area contributed by atoms with E-state index in [2.05, 4.69) is 21.0 Å². The molecule has 1 aliphatic carbocycles. The second kappa shape index (κ2) is 5.16. The molecule has 1 fully saturated rings. The highest BCUT2D eigenvalue weighted by Crippen LogP contribution is 2.39. The van der Waals surface area contributed by atoms with Crippen LogP contribution in [-0.2, 0) is 6.54 Å². The molecule has 94 valence electrons. The van der Waals surface area contributed by atoms with E-state index in [4.69, 9.17) is 0 Å². The van der Waals surface area contributed by atoms with E-state index < -0.39 is 4.92 Å². The molecular weight excluding hydrogens is 286 g/mol. The summed E-state index contributed by atoms with van der Waals surface area (Å²) < 4.78 is 1.71. The van der Waals surface area contributed by atoms with Gasteiger partial charge in [0.05, 0.1) is 23.9 Å². The summed E-state index contributed by atoms with van der Waals surface area (Å²) in [6, 6.07) is 1.46. The Hall–Kier alpha value is -0.910. The maximum atomic E-state index is 10.6. The zero-order valence-electron chi connectivity index (χ0n) is 9.64. The van der Waals surface area contributed by atoms with Crippen molar-refractivity contribution in [3.8, 4) is 0 Å². The molecule has 0 bridgehead atoms. The number of hydrogen-bond acceptors (Lipinski definition) is 3. The molecule has 0 unspecified atom stereocenters. The Bertz CT molecular complexity index is 399. The molecule has 0 N–H and O–H groups in total. The molecule has 5 nitrogen and oxygen atoms in total. The quantitative estimate of drug-likeness (QED) is 0.487. The predicted octanol–water partition coefficient (Wildman–Crippen LogP) is 3.14. The van der Waals surface area contributed by atoms with Gasteiger partial charge in [0.1, 0.15) is 0 Å². The molecule has 1 aromatic heterocycles. The smallest absolute Gasteiger partial charge is 0.358 e. The van der Waals surface area contributed by atoms with Gasteiger partial charge in [-0.05, 0) is 17.8 Å². The molecule has 2 rings (SSSR count). The third-order valence-corrected chi connectivity index (χ3v) is 4.70. The van der Waals surface area contributed by atoms with Gasteiger partial charge in [-0.25, -0.2) is 0 Å². The Kier molecular flexibility index (Phi) is 3.81. The second-order valence-electron chi connectivity index (χ2n) is 4.82. The van der Waals surface area contributed by atoms with Gasteiger partial charge in [0.2, 0.25) is 0 Å². The van der Waals surface area contributed by atoms with E-state index in [1.54, 1.807) is 10.9 Å². The van der Waals surface area contributed by atoms with Gasteiger partial charge in [-0.3, -0.25) is 0 Å². The summed E-state index contributed by atoms with van der Waals surface area (Å²) >= 11 is 3.59. The molecule has 1 saturated carbocycles. The number of rotatable bonds is 4. The lowest BCUT2D eigenvalue weighted by Gasteiger charge is -2.34. The number of nitro groups is 1. The summed E-state index contributed by atoms with van der Waals surface area (Å²) in [4.78, 5) is 10.1. The fraction of sp³-hybridized carbons (Fsp3) is 0.727. The second-order valence-corrected chi connectivity index (χ2v) is 5.38. The first kappa shape index (κ1) is 12.5. The van der Waals surface area contributed by atoms with Crippen molar-refractivity contribution in [3.63, 3.8) is 0 Å². The lowest BCUT2D eigenvalue weighted by atomic mass is 9.76. The van der Waals surface area contributed by atoms with Crippen molar-refractivity contribution >= 4 is 21.7 Å². The summed E-state index contributed by atoms with van der Waals surface area (Å²) in [5, 5.41) is 15.5. The van der Waals surface area contributed by atoms with E-state index in [0.717, 1.165) is 11.9 Å². The van der Waals surface area contributed by atoms with Crippen molar-refractivity contribution in [3.05, 3.63) is 22.4 Å². The standard InChI is InChI=1S/C11H16BrN3O2/c12-8-11(5-2-1-3-6-11)9-14-7-4-10(13-14)15(16)17/h4,7H,1-3,5-6,8-9H2. The predicted molar refractivity (Wildman–Crippen MR) is 68.2 cm³/mol. The number of halogens is 1. The highest BCUT2D eigenvalue weighted by atomic mass is 79.9. The van der Waals surface area contributed by atoms with E-state index in [-0.39, 0.29) is 11.2 Å². The van der Waals surface area contributed by atoms with Crippen LogP contribution < -0.4 is 0 Å². The Labute approximate surface area is 108 Å². The molecule has 6 heteroatoms. The summed E-state index contributed by atoms with van der Waals surface area (Å²) in [6.07, 6.45) is 7.84. The van der Waals surface area contributed by atoms with E-state index in [9.17, 15) is 10.1 Å². The average molecular weight is 302 g/mol. The molecule has 1 aliphatic rings. The zero-order chi connectivity index (χ0) is 12.3. The van der Waals surface area contributed by atoms with Crippen molar-refractivity contribution in [1.82, 2.24) is 9.78 Å². The highest BCUT2D eigenvalue weighted by Gasteiger charge is 2.32. The molecule has 0 atom stereocenters. The Balaban J connectivity index is 2.09. The van der Waals surface area contributed by atoms with Gasteiger partial charge < -0.3 is 10.1 Å². The Morgan fingerprint density at radius 2 is 2.18 bits per heavy atom. The first-order valence-corrected chi connectivity index (χ1v) is 7.01. The molecule has 0 aliphatic heterocycles. The number of hydrogen-bond donors (Lipinski definition) is 0. The fourth-order valence-electron chi connectivity index (χ4n) is 2.52. The van der Waals surface area contributed by atoms with Gasteiger partial charge in [0, 0.05) is 10.7 Å². The van der Waals surface area contributed by atoms with E-state index in [1.807, 2.05) is 0 Å². The van der Waals surface area contributed by atoms with E-state index in [0.29, 0.717) is 0 Å². The van der Waals surface area contributed by atoms with Gasteiger partial charge in [0.25, 0.3) is 0 Å². The molecule has 0 aromatic carbocycles. The van der Waals surface area contributed by atoms with Crippen LogP contribution in [0.5, 0.6) is 0 Å². The highest BCUT2D eigenvalue weighted by molar-refractivity contribution is 9.09. The third-order valence-electron chi connectivity index (χ3n) is 3.51. The van der Waals surface area contributed by atoms with Crippen LogP contribution in [0.4, 0.5) is 5.82 Å². The first-order chi connectivity index (χ1) is 8.15. The van der Waals surface area contributed by atoms with Crippen LogP contribution in [-0.4, -0.2) is 20.0 Å². The van der Waals surface area contributed by atoms with Crippen LogP contribution >= 0.6 is 15.9 Å². The number of nitrogens with zero attached hydrogens (tertiary/aromatic N) is 3. The topological polar surface area (TPSA) is 61.0 Å². The van der Waals surface area contributed by atoms with Crippen molar-refractivity contribution in [2.75, 3.05) is 5.33 Å². The SMILES string of the molecule is O=[N+]([O-])c1ccn(CC2(CBr)CCCCC2)n1. The van der Waals surface area contributed by atoms with Crippen LogP contribution in [0.3, 0.4) is 0 Å². The molecule has 0 saturated heterocycles. The van der Waals surface area contributed by atoms with Gasteiger partial charge in [-0.2, -0.15) is 4.68 Å². The lowest BCUT2D eigenvalue weighted by molar-refractivity contribution is -0.389. The first-order valence-electron chi connectivity index (χ1n) is 5.89. The average Bonchev–Trinajstić information content (AvgIpc) is 2.79. The number of alkyl halides is 1. The van der Waals surface area contributed by atoms with E-state index in [1.165, 1.54) is 38.2 Å². The van der Waals surface area contributed by atoms with Gasteiger partial charge in [0.15, 0.2) is 0 Å². The molecular formula is C11H16BrN3O2. The Morgan fingerprint density at radius 3 is 2.71 bits per heavy atom. The van der Waals surface area contributed by atoms with Crippen molar-refractivity contribution < 1.29 is 4.92 Å². The van der Waals surface area contributed by atoms with Gasteiger partial charge >= 0.3 is 5.82 Å².